The summed E-state index contributed by atoms with van der Waals surface area (Å²) in [7, 11) is 2.15. The predicted molar refractivity (Wildman–Crippen MR) is 133 cm³/mol. The van der Waals surface area contributed by atoms with Gasteiger partial charge in [-0.1, -0.05) is 60.7 Å². The molecule has 0 aliphatic carbocycles. The Morgan fingerprint density at radius 2 is 1.64 bits per heavy atom. The quantitative estimate of drug-likeness (QED) is 0.353. The van der Waals surface area contributed by atoms with Crippen molar-refractivity contribution in [3.8, 4) is 22.6 Å². The number of likely N-dealkylation sites (N-methyl/N-ethyl adjacent to an activating group) is 1. The minimum Gasteiger partial charge on any atom is -0.304 e. The van der Waals surface area contributed by atoms with E-state index in [1.54, 1.807) is 17.1 Å². The molecule has 1 aliphatic heterocycles. The Morgan fingerprint density at radius 3 is 2.33 bits per heavy atom. The number of nitrogens with one attached hydrogen (secondary N) is 1. The summed E-state index contributed by atoms with van der Waals surface area (Å²) in [6.07, 6.45) is 3.56. The lowest BCUT2D eigenvalue weighted by molar-refractivity contribution is 0.119. The van der Waals surface area contributed by atoms with E-state index in [0.29, 0.717) is 11.4 Å². The van der Waals surface area contributed by atoms with Crippen molar-refractivity contribution in [2.75, 3.05) is 33.2 Å². The van der Waals surface area contributed by atoms with E-state index in [-0.39, 0.29) is 0 Å². The van der Waals surface area contributed by atoms with E-state index < -0.39 is 0 Å². The smallest absolute Gasteiger partial charge is 0.220 e. The van der Waals surface area contributed by atoms with Crippen LogP contribution in [0.4, 0.5) is 0 Å². The predicted octanol–water partition coefficient (Wildman–Crippen LogP) is 3.56. The van der Waals surface area contributed by atoms with E-state index in [4.69, 9.17) is 22.4 Å². The monoisotopic (exact) mass is 458 g/mol. The van der Waals surface area contributed by atoms with E-state index in [9.17, 15) is 0 Å². The Morgan fingerprint density at radius 1 is 0.970 bits per heavy atom. The lowest BCUT2D eigenvalue weighted by Gasteiger charge is -2.31. The molecule has 0 unspecified atom stereocenters. The van der Waals surface area contributed by atoms with Crippen LogP contribution in [0.1, 0.15) is 5.56 Å². The first-order valence-electron chi connectivity index (χ1n) is 11.0. The van der Waals surface area contributed by atoms with Crippen LogP contribution in [0, 0.1) is 4.77 Å². The van der Waals surface area contributed by atoms with E-state index >= 15 is 0 Å². The Kier molecular flexibility index (Phi) is 6.25. The second-order valence-corrected chi connectivity index (χ2v) is 8.52. The fraction of sp³-hybridized carbons (Fsp3) is 0.250. The van der Waals surface area contributed by atoms with Crippen molar-refractivity contribution in [1.82, 2.24) is 34.5 Å². The van der Waals surface area contributed by atoms with Gasteiger partial charge in [0.1, 0.15) is 0 Å². The van der Waals surface area contributed by atoms with Gasteiger partial charge in [-0.2, -0.15) is 14.9 Å². The highest BCUT2D eigenvalue weighted by atomic mass is 32.1. The third kappa shape index (κ3) is 4.70. The standard InChI is InChI=1S/C24H26N8S/c1-29-12-14-30(15-13-29)18-31-24(33)32(23(28-31)20-10-6-3-7-11-20)26-17-21-16-25-27-22(21)19-8-4-2-5-9-19/h2-11,16-17H,12-15,18H2,1H3,(H,25,27)/b26-17+. The summed E-state index contributed by atoms with van der Waals surface area (Å²) < 4.78 is 4.17. The Bertz CT molecular complexity index is 1280. The topological polar surface area (TPSA) is 70.3 Å². The summed E-state index contributed by atoms with van der Waals surface area (Å²) in [6.45, 7) is 4.71. The van der Waals surface area contributed by atoms with Gasteiger partial charge >= 0.3 is 0 Å². The first kappa shape index (κ1) is 21.4. The fourth-order valence-electron chi connectivity index (χ4n) is 3.89. The SMILES string of the molecule is CN1CCN(Cn2nc(-c3ccccc3)n(/N=C/c3cn[nH]c3-c3ccccc3)c2=S)CC1. The average molecular weight is 459 g/mol. The lowest BCUT2D eigenvalue weighted by atomic mass is 10.1. The van der Waals surface area contributed by atoms with Crippen molar-refractivity contribution < 1.29 is 0 Å². The maximum Gasteiger partial charge on any atom is 0.220 e. The van der Waals surface area contributed by atoms with Gasteiger partial charge in [-0.3, -0.25) is 10.00 Å². The molecule has 33 heavy (non-hydrogen) atoms. The fourth-order valence-corrected chi connectivity index (χ4v) is 4.12. The Hall–Kier alpha value is -3.40. The molecule has 9 heteroatoms. The lowest BCUT2D eigenvalue weighted by Crippen LogP contribution is -2.45. The molecule has 0 atom stereocenters. The zero-order valence-corrected chi connectivity index (χ0v) is 19.3. The zero-order valence-electron chi connectivity index (χ0n) is 18.5. The van der Waals surface area contributed by atoms with E-state index in [1.165, 1.54) is 0 Å². The van der Waals surface area contributed by atoms with E-state index in [2.05, 4.69) is 27.0 Å². The van der Waals surface area contributed by atoms with Crippen LogP contribution in [0.2, 0.25) is 0 Å². The molecule has 5 rings (SSSR count). The molecule has 8 nitrogen and oxygen atoms in total. The van der Waals surface area contributed by atoms with Gasteiger partial charge in [0.2, 0.25) is 4.77 Å². The molecule has 0 bridgehead atoms. The molecule has 1 saturated heterocycles. The first-order chi connectivity index (χ1) is 16.2. The molecule has 1 fully saturated rings. The number of rotatable bonds is 6. The van der Waals surface area contributed by atoms with Gasteiger partial charge in [0.25, 0.3) is 0 Å². The van der Waals surface area contributed by atoms with Crippen LogP contribution < -0.4 is 0 Å². The van der Waals surface area contributed by atoms with Gasteiger partial charge in [-0.25, -0.2) is 4.68 Å². The minimum atomic E-state index is 0.564. The maximum atomic E-state index is 5.81. The third-order valence-corrected chi connectivity index (χ3v) is 6.21. The molecular formula is C24H26N8S. The van der Waals surface area contributed by atoms with Crippen LogP contribution >= 0.6 is 12.2 Å². The molecular weight excluding hydrogens is 432 g/mol. The van der Waals surface area contributed by atoms with Crippen molar-refractivity contribution in [1.29, 1.82) is 0 Å². The molecule has 168 valence electrons. The number of hydrogen-bond donors (Lipinski definition) is 1. The summed E-state index contributed by atoms with van der Waals surface area (Å²) in [5.74, 6) is 0.718. The Balaban J connectivity index is 1.50. The van der Waals surface area contributed by atoms with Crippen LogP contribution in [-0.4, -0.2) is 73.9 Å². The van der Waals surface area contributed by atoms with Crippen LogP contribution in [0.25, 0.3) is 22.6 Å². The number of piperazine rings is 1. The number of nitrogens with zero attached hydrogens (tertiary/aromatic N) is 7. The number of H-pyrrole nitrogens is 1. The second-order valence-electron chi connectivity index (χ2n) is 8.16. The summed E-state index contributed by atoms with van der Waals surface area (Å²) in [5, 5.41) is 16.9. The summed E-state index contributed by atoms with van der Waals surface area (Å²) >= 11 is 5.81. The van der Waals surface area contributed by atoms with Crippen molar-refractivity contribution in [2.45, 2.75) is 6.67 Å². The number of benzene rings is 2. The van der Waals surface area contributed by atoms with Crippen molar-refractivity contribution in [2.24, 2.45) is 5.10 Å². The molecule has 0 saturated carbocycles. The largest absolute Gasteiger partial charge is 0.304 e. The molecule has 0 radical (unpaired) electrons. The van der Waals surface area contributed by atoms with Crippen LogP contribution in [-0.2, 0) is 6.67 Å². The molecule has 2 aromatic heterocycles. The van der Waals surface area contributed by atoms with Gasteiger partial charge in [0, 0.05) is 42.9 Å². The molecule has 0 amide bonds. The summed E-state index contributed by atoms with van der Waals surface area (Å²) in [4.78, 5) is 4.71. The first-order valence-corrected chi connectivity index (χ1v) is 11.4. The van der Waals surface area contributed by atoms with Gasteiger partial charge in [-0.05, 0) is 19.3 Å². The van der Waals surface area contributed by atoms with E-state index in [1.807, 2.05) is 65.3 Å². The minimum absolute atomic E-state index is 0.564. The van der Waals surface area contributed by atoms with Gasteiger partial charge in [0.05, 0.1) is 24.8 Å². The van der Waals surface area contributed by atoms with Gasteiger partial charge in [0.15, 0.2) is 5.82 Å². The molecule has 4 aromatic rings. The third-order valence-electron chi connectivity index (χ3n) is 5.82. The number of aromatic nitrogens is 5. The maximum absolute atomic E-state index is 5.81. The Labute approximate surface area is 197 Å². The van der Waals surface area contributed by atoms with Crippen molar-refractivity contribution in [3.63, 3.8) is 0 Å². The number of aromatic amines is 1. The zero-order chi connectivity index (χ0) is 22.6. The molecule has 0 spiro atoms. The van der Waals surface area contributed by atoms with Crippen molar-refractivity contribution in [3.05, 3.63) is 77.2 Å². The molecule has 2 aromatic carbocycles. The second kappa shape index (κ2) is 9.62. The van der Waals surface area contributed by atoms with Crippen LogP contribution in [0.5, 0.6) is 0 Å². The van der Waals surface area contributed by atoms with Gasteiger partial charge < -0.3 is 4.90 Å². The molecule has 1 aliphatic rings. The number of hydrogen-bond acceptors (Lipinski definition) is 6. The average Bonchev–Trinajstić information content (AvgIpc) is 3.45. The van der Waals surface area contributed by atoms with Crippen LogP contribution in [0.3, 0.4) is 0 Å². The van der Waals surface area contributed by atoms with Gasteiger partial charge in [-0.15, -0.1) is 5.10 Å². The normalized spacial score (nSPS) is 15.4. The van der Waals surface area contributed by atoms with Crippen LogP contribution in [0.15, 0.2) is 72.0 Å². The highest BCUT2D eigenvalue weighted by Gasteiger charge is 2.18. The molecule has 1 N–H and O–H groups in total. The molecule has 3 heterocycles. The highest BCUT2D eigenvalue weighted by Crippen LogP contribution is 2.21. The summed E-state index contributed by atoms with van der Waals surface area (Å²) in [5.41, 5.74) is 3.81. The summed E-state index contributed by atoms with van der Waals surface area (Å²) in [6, 6.07) is 20.1. The highest BCUT2D eigenvalue weighted by molar-refractivity contribution is 7.71. The van der Waals surface area contributed by atoms with E-state index in [0.717, 1.165) is 54.4 Å². The van der Waals surface area contributed by atoms with Crippen molar-refractivity contribution >= 4 is 18.4 Å².